The molecule has 2 heterocycles. The van der Waals surface area contributed by atoms with E-state index in [1.54, 1.807) is 12.1 Å². The summed E-state index contributed by atoms with van der Waals surface area (Å²) in [5.74, 6) is 0.686. The van der Waals surface area contributed by atoms with Crippen LogP contribution in [0, 0.1) is 0 Å². The number of anilines is 1. The SMILES string of the molecule is CNS(=O)(=O)c1ccc(NC2CCN(C)C2c2ccccc2)nc1. The minimum absolute atomic E-state index is 0.165. The highest BCUT2D eigenvalue weighted by molar-refractivity contribution is 7.89. The molecule has 1 aliphatic rings. The first-order valence-electron chi connectivity index (χ1n) is 7.92. The Balaban J connectivity index is 1.78. The second kappa shape index (κ2) is 6.88. The summed E-state index contributed by atoms with van der Waals surface area (Å²) in [5, 5.41) is 3.45. The molecule has 2 unspecified atom stereocenters. The lowest BCUT2D eigenvalue weighted by Gasteiger charge is -2.26. The summed E-state index contributed by atoms with van der Waals surface area (Å²) in [6, 6.07) is 14.2. The lowest BCUT2D eigenvalue weighted by atomic mass is 10.0. The zero-order valence-electron chi connectivity index (χ0n) is 13.8. The highest BCUT2D eigenvalue weighted by atomic mass is 32.2. The summed E-state index contributed by atoms with van der Waals surface area (Å²) < 4.78 is 25.8. The smallest absolute Gasteiger partial charge is 0.241 e. The third-order valence-electron chi connectivity index (χ3n) is 4.44. The number of rotatable bonds is 5. The summed E-state index contributed by atoms with van der Waals surface area (Å²) in [7, 11) is 0.0564. The maximum Gasteiger partial charge on any atom is 0.241 e. The van der Waals surface area contributed by atoms with Gasteiger partial charge in [0.05, 0.1) is 6.04 Å². The number of hydrogen-bond acceptors (Lipinski definition) is 5. The standard InChI is InChI=1S/C17H22N4O2S/c1-18-24(22,23)14-8-9-16(19-12-14)20-15-10-11-21(2)17(15)13-6-4-3-5-7-13/h3-9,12,15,17-18H,10-11H2,1-2H3,(H,19,20). The Bertz CT molecular complexity index is 778. The highest BCUT2D eigenvalue weighted by Crippen LogP contribution is 2.32. The number of pyridine rings is 1. The van der Waals surface area contributed by atoms with Gasteiger partial charge in [-0.15, -0.1) is 0 Å². The van der Waals surface area contributed by atoms with Gasteiger partial charge < -0.3 is 5.32 Å². The highest BCUT2D eigenvalue weighted by Gasteiger charge is 2.33. The number of likely N-dealkylation sites (tertiary alicyclic amines) is 1. The molecule has 0 aliphatic carbocycles. The van der Waals surface area contributed by atoms with Crippen LogP contribution in [0.25, 0.3) is 0 Å². The molecule has 1 aliphatic heterocycles. The fourth-order valence-electron chi connectivity index (χ4n) is 3.17. The van der Waals surface area contributed by atoms with Crippen LogP contribution in [0.2, 0.25) is 0 Å². The molecule has 1 aromatic heterocycles. The average Bonchev–Trinajstić information content (AvgIpc) is 2.96. The minimum Gasteiger partial charge on any atom is -0.365 e. The van der Waals surface area contributed by atoms with E-state index in [1.165, 1.54) is 18.8 Å². The normalized spacial score (nSPS) is 21.8. The zero-order chi connectivity index (χ0) is 17.2. The van der Waals surface area contributed by atoms with E-state index >= 15 is 0 Å². The van der Waals surface area contributed by atoms with Crippen molar-refractivity contribution in [2.24, 2.45) is 0 Å². The molecule has 2 aromatic rings. The van der Waals surface area contributed by atoms with Crippen LogP contribution in [0.4, 0.5) is 5.82 Å². The van der Waals surface area contributed by atoms with Crippen molar-refractivity contribution in [1.82, 2.24) is 14.6 Å². The number of sulfonamides is 1. The predicted molar refractivity (Wildman–Crippen MR) is 94.3 cm³/mol. The zero-order valence-corrected chi connectivity index (χ0v) is 14.6. The molecule has 0 radical (unpaired) electrons. The largest absolute Gasteiger partial charge is 0.365 e. The molecule has 1 aromatic carbocycles. The van der Waals surface area contributed by atoms with Gasteiger partial charge in [-0.05, 0) is 38.2 Å². The predicted octanol–water partition coefficient (Wildman–Crippen LogP) is 1.85. The summed E-state index contributed by atoms with van der Waals surface area (Å²) in [6.45, 7) is 1.00. The quantitative estimate of drug-likeness (QED) is 0.864. The molecule has 0 amide bonds. The number of hydrogen-bond donors (Lipinski definition) is 2. The first-order chi connectivity index (χ1) is 11.5. The number of nitrogens with one attached hydrogen (secondary N) is 2. The van der Waals surface area contributed by atoms with Gasteiger partial charge in [0.2, 0.25) is 10.0 Å². The number of aromatic nitrogens is 1. The second-order valence-electron chi connectivity index (χ2n) is 5.96. The van der Waals surface area contributed by atoms with Gasteiger partial charge in [0.1, 0.15) is 10.7 Å². The van der Waals surface area contributed by atoms with Crippen molar-refractivity contribution in [3.8, 4) is 0 Å². The molecule has 1 fully saturated rings. The molecule has 128 valence electrons. The van der Waals surface area contributed by atoms with E-state index < -0.39 is 10.0 Å². The molecule has 6 nitrogen and oxygen atoms in total. The Labute approximate surface area is 143 Å². The van der Waals surface area contributed by atoms with Crippen LogP contribution in [-0.2, 0) is 10.0 Å². The lowest BCUT2D eigenvalue weighted by Crippen LogP contribution is -2.29. The van der Waals surface area contributed by atoms with Crippen molar-refractivity contribution in [2.45, 2.75) is 23.4 Å². The van der Waals surface area contributed by atoms with Crippen molar-refractivity contribution >= 4 is 15.8 Å². The van der Waals surface area contributed by atoms with Crippen LogP contribution in [0.5, 0.6) is 0 Å². The topological polar surface area (TPSA) is 74.3 Å². The summed E-state index contributed by atoms with van der Waals surface area (Å²) >= 11 is 0. The molecule has 0 bridgehead atoms. The van der Waals surface area contributed by atoms with Crippen LogP contribution in [0.3, 0.4) is 0 Å². The van der Waals surface area contributed by atoms with Crippen molar-refractivity contribution in [2.75, 3.05) is 26.0 Å². The van der Waals surface area contributed by atoms with Gasteiger partial charge in [-0.1, -0.05) is 30.3 Å². The Kier molecular flexibility index (Phi) is 4.84. The third-order valence-corrected chi connectivity index (χ3v) is 5.84. The van der Waals surface area contributed by atoms with E-state index in [-0.39, 0.29) is 17.0 Å². The monoisotopic (exact) mass is 346 g/mol. The first-order valence-corrected chi connectivity index (χ1v) is 9.41. The molecule has 0 spiro atoms. The Morgan fingerprint density at radius 2 is 1.92 bits per heavy atom. The van der Waals surface area contributed by atoms with E-state index in [4.69, 9.17) is 0 Å². The Morgan fingerprint density at radius 3 is 2.54 bits per heavy atom. The van der Waals surface area contributed by atoms with Crippen molar-refractivity contribution in [3.63, 3.8) is 0 Å². The van der Waals surface area contributed by atoms with E-state index in [0.29, 0.717) is 5.82 Å². The Hall–Kier alpha value is -1.96. The molecular formula is C17H22N4O2S. The van der Waals surface area contributed by atoms with Gasteiger partial charge in [-0.25, -0.2) is 18.1 Å². The van der Waals surface area contributed by atoms with Crippen molar-refractivity contribution < 1.29 is 8.42 Å². The van der Waals surface area contributed by atoms with Crippen molar-refractivity contribution in [1.29, 1.82) is 0 Å². The molecule has 2 atom stereocenters. The third kappa shape index (κ3) is 3.43. The first kappa shape index (κ1) is 16.9. The van der Waals surface area contributed by atoms with Gasteiger partial charge in [0.25, 0.3) is 0 Å². The van der Waals surface area contributed by atoms with Gasteiger partial charge in [0, 0.05) is 18.8 Å². The molecule has 7 heteroatoms. The van der Waals surface area contributed by atoms with E-state index in [1.807, 2.05) is 18.2 Å². The van der Waals surface area contributed by atoms with E-state index in [9.17, 15) is 8.42 Å². The van der Waals surface area contributed by atoms with Gasteiger partial charge in [-0.2, -0.15) is 0 Å². The second-order valence-corrected chi connectivity index (χ2v) is 7.85. The van der Waals surface area contributed by atoms with E-state index in [0.717, 1.165) is 13.0 Å². The van der Waals surface area contributed by atoms with Gasteiger partial charge >= 0.3 is 0 Å². The van der Waals surface area contributed by atoms with E-state index in [2.05, 4.69) is 39.1 Å². The fourth-order valence-corrected chi connectivity index (χ4v) is 3.84. The molecule has 24 heavy (non-hydrogen) atoms. The van der Waals surface area contributed by atoms with Crippen molar-refractivity contribution in [3.05, 3.63) is 54.2 Å². The molecular weight excluding hydrogens is 324 g/mol. The van der Waals surface area contributed by atoms with Gasteiger partial charge in [-0.3, -0.25) is 4.90 Å². The maximum atomic E-state index is 11.8. The molecule has 2 N–H and O–H groups in total. The van der Waals surface area contributed by atoms with Crippen LogP contribution in [0.1, 0.15) is 18.0 Å². The minimum atomic E-state index is -3.45. The Morgan fingerprint density at radius 1 is 1.17 bits per heavy atom. The van der Waals surface area contributed by atoms with Crippen LogP contribution >= 0.6 is 0 Å². The molecule has 1 saturated heterocycles. The maximum absolute atomic E-state index is 11.8. The summed E-state index contributed by atoms with van der Waals surface area (Å²) in [5.41, 5.74) is 1.27. The fraction of sp³-hybridized carbons (Fsp3) is 0.353. The molecule has 3 rings (SSSR count). The van der Waals surface area contributed by atoms with Crippen LogP contribution < -0.4 is 10.0 Å². The summed E-state index contributed by atoms with van der Waals surface area (Å²) in [4.78, 5) is 6.75. The van der Waals surface area contributed by atoms with Gasteiger partial charge in [0.15, 0.2) is 0 Å². The number of nitrogens with zero attached hydrogens (tertiary/aromatic N) is 2. The van der Waals surface area contributed by atoms with Crippen LogP contribution in [0.15, 0.2) is 53.6 Å². The summed E-state index contributed by atoms with van der Waals surface area (Å²) in [6.07, 6.45) is 2.39. The average molecular weight is 346 g/mol. The number of likely N-dealkylation sites (N-methyl/N-ethyl adjacent to an activating group) is 1. The van der Waals surface area contributed by atoms with Crippen LogP contribution in [-0.4, -0.2) is 45.0 Å². The lowest BCUT2D eigenvalue weighted by molar-refractivity contribution is 0.309. The number of benzene rings is 1. The molecule has 0 saturated carbocycles.